The summed E-state index contributed by atoms with van der Waals surface area (Å²) in [6, 6.07) is 11.2. The second-order valence-corrected chi connectivity index (χ2v) is 7.09. The third kappa shape index (κ3) is 4.54. The number of hydrogen-bond donors (Lipinski definition) is 2. The minimum absolute atomic E-state index is 0.0765. The number of nitrogens with one attached hydrogen (secondary N) is 1. The van der Waals surface area contributed by atoms with Gasteiger partial charge in [-0.3, -0.25) is 13.9 Å². The molecule has 0 unspecified atom stereocenters. The molecule has 0 fully saturated rings. The first-order valence-corrected chi connectivity index (χ1v) is 8.96. The molecule has 9 heteroatoms. The molecule has 3 N–H and O–H groups in total. The van der Waals surface area contributed by atoms with Crippen LogP contribution in [-0.4, -0.2) is 33.0 Å². The van der Waals surface area contributed by atoms with Crippen molar-refractivity contribution in [2.75, 3.05) is 22.4 Å². The van der Waals surface area contributed by atoms with Crippen molar-refractivity contribution in [2.24, 2.45) is 5.73 Å². The predicted octanol–water partition coefficient (Wildman–Crippen LogP) is 1.33. The van der Waals surface area contributed by atoms with Gasteiger partial charge in [-0.25, -0.2) is 12.8 Å². The fourth-order valence-electron chi connectivity index (χ4n) is 2.16. The molecule has 0 radical (unpaired) electrons. The zero-order valence-corrected chi connectivity index (χ0v) is 14.1. The van der Waals surface area contributed by atoms with Crippen LogP contribution in [0.5, 0.6) is 0 Å². The second kappa shape index (κ2) is 7.31. The quantitative estimate of drug-likeness (QED) is 0.805. The molecule has 7 nitrogen and oxygen atoms in total. The number of rotatable bonds is 6. The molecule has 2 rings (SSSR count). The first-order valence-electron chi connectivity index (χ1n) is 7.11. The Morgan fingerprint density at radius 3 is 2.32 bits per heavy atom. The summed E-state index contributed by atoms with van der Waals surface area (Å²) in [5.74, 6) is -2.27. The molecular weight excluding hydrogens is 349 g/mol. The van der Waals surface area contributed by atoms with Gasteiger partial charge in [-0.1, -0.05) is 24.3 Å². The molecule has 0 atom stereocenters. The van der Waals surface area contributed by atoms with Gasteiger partial charge >= 0.3 is 0 Å². The highest BCUT2D eigenvalue weighted by Crippen LogP contribution is 2.21. The van der Waals surface area contributed by atoms with Crippen LogP contribution in [-0.2, 0) is 14.8 Å². The van der Waals surface area contributed by atoms with Crippen molar-refractivity contribution in [1.29, 1.82) is 0 Å². The van der Waals surface area contributed by atoms with Crippen LogP contribution in [0, 0.1) is 5.82 Å². The average molecular weight is 365 g/mol. The number of nitrogens with two attached hydrogens (primary N) is 1. The normalized spacial score (nSPS) is 11.0. The van der Waals surface area contributed by atoms with E-state index in [-0.39, 0.29) is 16.9 Å². The maximum absolute atomic E-state index is 13.9. The summed E-state index contributed by atoms with van der Waals surface area (Å²) in [5.41, 5.74) is 5.20. The largest absolute Gasteiger partial charge is 0.366 e. The lowest BCUT2D eigenvalue weighted by Gasteiger charge is -2.22. The van der Waals surface area contributed by atoms with Crippen LogP contribution in [0.3, 0.4) is 0 Å². The number of carbonyl (C=O) groups is 2. The lowest BCUT2D eigenvalue weighted by molar-refractivity contribution is -0.114. The zero-order valence-electron chi connectivity index (χ0n) is 13.3. The molecule has 25 heavy (non-hydrogen) atoms. The van der Waals surface area contributed by atoms with Crippen molar-refractivity contribution in [2.45, 2.75) is 0 Å². The number of anilines is 2. The first-order chi connectivity index (χ1) is 11.7. The fraction of sp³-hybridized carbons (Fsp3) is 0.125. The average Bonchev–Trinajstić information content (AvgIpc) is 2.53. The summed E-state index contributed by atoms with van der Waals surface area (Å²) in [6.45, 7) is -0.660. The number of sulfonamides is 1. The molecule has 2 aromatic carbocycles. The standard InChI is InChI=1S/C16H16FN3O4S/c1-25(23,24)20(14-9-5-3-7-12(14)17)10-15(21)19-13-8-4-2-6-11(13)16(18)22/h2-9H,10H2,1H3,(H2,18,22)(H,19,21). The molecule has 2 amide bonds. The number of primary amides is 1. The van der Waals surface area contributed by atoms with Gasteiger partial charge in [0.05, 0.1) is 23.2 Å². The van der Waals surface area contributed by atoms with Crippen LogP contribution in [0.25, 0.3) is 0 Å². The summed E-state index contributed by atoms with van der Waals surface area (Å²) >= 11 is 0. The van der Waals surface area contributed by atoms with E-state index in [2.05, 4.69) is 5.32 Å². The van der Waals surface area contributed by atoms with Crippen molar-refractivity contribution >= 4 is 33.2 Å². The van der Waals surface area contributed by atoms with Crippen LogP contribution in [0.2, 0.25) is 0 Å². The summed E-state index contributed by atoms with van der Waals surface area (Å²) in [6.07, 6.45) is 0.865. The number of para-hydroxylation sites is 2. The Labute approximate surface area is 144 Å². The topological polar surface area (TPSA) is 110 Å². The predicted molar refractivity (Wildman–Crippen MR) is 92.2 cm³/mol. The molecule has 0 aliphatic carbocycles. The summed E-state index contributed by atoms with van der Waals surface area (Å²) < 4.78 is 38.5. The van der Waals surface area contributed by atoms with E-state index in [4.69, 9.17) is 5.73 Å². The molecule has 0 spiro atoms. The third-order valence-electron chi connectivity index (χ3n) is 3.28. The third-order valence-corrected chi connectivity index (χ3v) is 4.40. The Hall–Kier alpha value is -2.94. The molecule has 0 aliphatic rings. The lowest BCUT2D eigenvalue weighted by atomic mass is 10.1. The van der Waals surface area contributed by atoms with Crippen molar-refractivity contribution in [1.82, 2.24) is 0 Å². The Bertz CT molecular complexity index is 915. The zero-order chi connectivity index (χ0) is 18.6. The van der Waals surface area contributed by atoms with Gasteiger partial charge in [0.15, 0.2) is 0 Å². The fourth-order valence-corrected chi connectivity index (χ4v) is 3.02. The Morgan fingerprint density at radius 2 is 1.72 bits per heavy atom. The van der Waals surface area contributed by atoms with Crippen molar-refractivity contribution < 1.29 is 22.4 Å². The summed E-state index contributed by atoms with van der Waals surface area (Å²) in [4.78, 5) is 23.6. The number of carbonyl (C=O) groups excluding carboxylic acids is 2. The van der Waals surface area contributed by atoms with E-state index in [0.717, 1.165) is 12.3 Å². The van der Waals surface area contributed by atoms with Gasteiger partial charge in [0.25, 0.3) is 5.91 Å². The Kier molecular flexibility index (Phi) is 5.38. The first kappa shape index (κ1) is 18.4. The monoisotopic (exact) mass is 365 g/mol. The van der Waals surface area contributed by atoms with E-state index in [1.807, 2.05) is 0 Å². The molecule has 2 aromatic rings. The maximum atomic E-state index is 13.9. The molecule has 0 saturated carbocycles. The van der Waals surface area contributed by atoms with Gasteiger partial charge in [-0.05, 0) is 24.3 Å². The summed E-state index contributed by atoms with van der Waals surface area (Å²) in [5, 5.41) is 2.42. The molecule has 0 heterocycles. The lowest BCUT2D eigenvalue weighted by Crippen LogP contribution is -2.38. The van der Waals surface area contributed by atoms with E-state index in [0.29, 0.717) is 4.31 Å². The van der Waals surface area contributed by atoms with E-state index in [9.17, 15) is 22.4 Å². The number of nitrogens with zero attached hydrogens (tertiary/aromatic N) is 1. The summed E-state index contributed by atoms with van der Waals surface area (Å²) in [7, 11) is -3.91. The molecule has 132 valence electrons. The highest BCUT2D eigenvalue weighted by molar-refractivity contribution is 7.92. The minimum atomic E-state index is -3.91. The van der Waals surface area contributed by atoms with E-state index in [1.165, 1.54) is 30.3 Å². The van der Waals surface area contributed by atoms with Gasteiger partial charge in [0.1, 0.15) is 12.4 Å². The molecule has 0 bridgehead atoms. The maximum Gasteiger partial charge on any atom is 0.250 e. The van der Waals surface area contributed by atoms with Crippen LogP contribution in [0.15, 0.2) is 48.5 Å². The highest BCUT2D eigenvalue weighted by atomic mass is 32.2. The molecule has 0 aliphatic heterocycles. The van der Waals surface area contributed by atoms with Gasteiger partial charge < -0.3 is 11.1 Å². The smallest absolute Gasteiger partial charge is 0.250 e. The number of amides is 2. The Balaban J connectivity index is 2.28. The number of hydrogen-bond acceptors (Lipinski definition) is 4. The molecular formula is C16H16FN3O4S. The van der Waals surface area contributed by atoms with Crippen molar-refractivity contribution in [3.05, 3.63) is 59.9 Å². The van der Waals surface area contributed by atoms with Crippen molar-refractivity contribution in [3.8, 4) is 0 Å². The Morgan fingerprint density at radius 1 is 1.12 bits per heavy atom. The highest BCUT2D eigenvalue weighted by Gasteiger charge is 2.24. The van der Waals surface area contributed by atoms with E-state index < -0.39 is 34.2 Å². The molecule has 0 saturated heterocycles. The van der Waals surface area contributed by atoms with Crippen LogP contribution >= 0.6 is 0 Å². The minimum Gasteiger partial charge on any atom is -0.366 e. The van der Waals surface area contributed by atoms with Crippen LogP contribution in [0.1, 0.15) is 10.4 Å². The van der Waals surface area contributed by atoms with Gasteiger partial charge in [-0.2, -0.15) is 0 Å². The SMILES string of the molecule is CS(=O)(=O)N(CC(=O)Nc1ccccc1C(N)=O)c1ccccc1F. The van der Waals surface area contributed by atoms with E-state index in [1.54, 1.807) is 12.1 Å². The second-order valence-electron chi connectivity index (χ2n) is 5.18. The number of benzene rings is 2. The van der Waals surface area contributed by atoms with Gasteiger partial charge in [0.2, 0.25) is 15.9 Å². The molecule has 0 aromatic heterocycles. The van der Waals surface area contributed by atoms with Crippen LogP contribution < -0.4 is 15.4 Å². The van der Waals surface area contributed by atoms with Gasteiger partial charge in [0, 0.05) is 0 Å². The number of halogens is 1. The van der Waals surface area contributed by atoms with Crippen LogP contribution in [0.4, 0.5) is 15.8 Å². The van der Waals surface area contributed by atoms with Gasteiger partial charge in [-0.15, -0.1) is 0 Å². The van der Waals surface area contributed by atoms with E-state index >= 15 is 0 Å². The van der Waals surface area contributed by atoms with Crippen molar-refractivity contribution in [3.63, 3.8) is 0 Å².